The molecule has 0 spiro atoms. The Kier molecular flexibility index (Phi) is 15.4. The molecule has 2 aliphatic rings. The summed E-state index contributed by atoms with van der Waals surface area (Å²) < 4.78 is 0. The second kappa shape index (κ2) is 20.8. The van der Waals surface area contributed by atoms with E-state index in [1.54, 1.807) is 36.5 Å². The summed E-state index contributed by atoms with van der Waals surface area (Å²) in [6, 6.07) is 22.3. The molecule has 304 valence electrons. The van der Waals surface area contributed by atoms with Gasteiger partial charge in [0.1, 0.15) is 23.3 Å². The van der Waals surface area contributed by atoms with Crippen molar-refractivity contribution in [1.29, 1.82) is 0 Å². The van der Waals surface area contributed by atoms with E-state index >= 15 is 0 Å². The first-order valence-electron chi connectivity index (χ1n) is 19.2. The lowest BCUT2D eigenvalue weighted by Gasteiger charge is -2.36. The van der Waals surface area contributed by atoms with E-state index in [1.807, 2.05) is 41.4 Å². The zero-order chi connectivity index (χ0) is 40.1. The number of pyridine rings is 2. The highest BCUT2D eigenvalue weighted by molar-refractivity contribution is 5.85. The average molecular weight is 809 g/mol. The van der Waals surface area contributed by atoms with Crippen LogP contribution in [0, 0.1) is 13.8 Å². The van der Waals surface area contributed by atoms with E-state index in [1.165, 1.54) is 5.56 Å². The largest absolute Gasteiger partial charge is 0.481 e. The minimum Gasteiger partial charge on any atom is -0.481 e. The van der Waals surface area contributed by atoms with E-state index in [0.717, 1.165) is 56.5 Å². The number of amides is 1. The molecule has 0 radical (unpaired) electrons. The van der Waals surface area contributed by atoms with Crippen molar-refractivity contribution < 1.29 is 14.7 Å². The smallest absolute Gasteiger partial charge is 0.303 e. The number of H-pyrrole nitrogens is 2. The zero-order valence-corrected chi connectivity index (χ0v) is 33.5. The van der Waals surface area contributed by atoms with Crippen LogP contribution in [0.25, 0.3) is 21.8 Å². The number of aromatic amines is 2. The van der Waals surface area contributed by atoms with Gasteiger partial charge in [0.2, 0.25) is 5.91 Å². The number of rotatable bonds is 8. The summed E-state index contributed by atoms with van der Waals surface area (Å²) in [5.74, 6) is 2.28. The van der Waals surface area contributed by atoms with Gasteiger partial charge >= 0.3 is 5.97 Å². The van der Waals surface area contributed by atoms with Gasteiger partial charge in [-0.2, -0.15) is 0 Å². The van der Waals surface area contributed by atoms with E-state index in [-0.39, 0.29) is 42.3 Å². The summed E-state index contributed by atoms with van der Waals surface area (Å²) in [6.45, 7) is 11.3. The number of carboxylic acids is 1. The monoisotopic (exact) mass is 808 g/mol. The van der Waals surface area contributed by atoms with Gasteiger partial charge in [-0.1, -0.05) is 36.4 Å². The van der Waals surface area contributed by atoms with Crippen molar-refractivity contribution in [1.82, 2.24) is 40.1 Å². The van der Waals surface area contributed by atoms with E-state index in [9.17, 15) is 19.2 Å². The van der Waals surface area contributed by atoms with Crippen molar-refractivity contribution >= 4 is 57.7 Å². The number of aromatic nitrogens is 6. The van der Waals surface area contributed by atoms with Crippen molar-refractivity contribution in [3.63, 3.8) is 0 Å². The number of para-hydroxylation sites is 2. The fraction of sp³-hybridized carbons (Fsp3) is 0.333. The molecule has 2 fully saturated rings. The Morgan fingerprint density at radius 1 is 0.638 bits per heavy atom. The summed E-state index contributed by atoms with van der Waals surface area (Å²) >= 11 is 0. The van der Waals surface area contributed by atoms with Gasteiger partial charge in [0.05, 0.1) is 28.2 Å². The number of carbonyl (C=O) groups is 2. The quantitative estimate of drug-likeness (QED) is 0.173. The molecule has 6 aromatic rings. The first-order valence-corrected chi connectivity index (χ1v) is 19.2. The Morgan fingerprint density at radius 3 is 1.59 bits per heavy atom. The molecule has 4 N–H and O–H groups in total. The van der Waals surface area contributed by atoms with Gasteiger partial charge in [-0.05, 0) is 61.4 Å². The number of hydrogen-bond donors (Lipinski definition) is 4. The Labute approximate surface area is 342 Å². The van der Waals surface area contributed by atoms with Crippen LogP contribution in [-0.4, -0.2) is 104 Å². The van der Waals surface area contributed by atoms with Crippen molar-refractivity contribution in [3.8, 4) is 0 Å². The van der Waals surface area contributed by atoms with Crippen molar-refractivity contribution in [2.75, 3.05) is 62.2 Å². The zero-order valence-electron chi connectivity index (χ0n) is 32.7. The summed E-state index contributed by atoms with van der Waals surface area (Å²) in [6.07, 6.45) is 4.63. The third-order valence-corrected chi connectivity index (χ3v) is 9.79. The number of nitrogens with zero attached hydrogens (tertiary/aromatic N) is 7. The van der Waals surface area contributed by atoms with Crippen LogP contribution in [0.15, 0.2) is 94.8 Å². The topological polar surface area (TPSA) is 193 Å². The standard InChI is InChI=1S/C21H23N5O2.C11H10N2O3.C10H15N3.ClH/c1-15-5-4-10-22-20(15)26-13-11-25(12-14-26)19(27)9-8-18-23-17-7-3-2-6-16(17)21(28)24-18;14-10(15)6-5-9-12-8-4-2-1-3-7(8)11(16)13-9;1-9-3-2-4-12-10(9)13-7-5-11-6-8-13;/h2-7,10H,8-9,11-14H2,1H3,(H,23,24,28);1-4H,5-6H2,(H,14,15)(H,12,13,16);2-4,11H,5-8H2,1H3;1H. The molecule has 16 heteroatoms. The van der Waals surface area contributed by atoms with Gasteiger partial charge in [0.25, 0.3) is 11.1 Å². The second-order valence-electron chi connectivity index (χ2n) is 13.8. The van der Waals surface area contributed by atoms with E-state index < -0.39 is 5.97 Å². The van der Waals surface area contributed by atoms with Gasteiger partial charge in [0, 0.05) is 84.0 Å². The molecular weight excluding hydrogens is 760 g/mol. The highest BCUT2D eigenvalue weighted by Crippen LogP contribution is 2.19. The molecule has 2 aliphatic heterocycles. The lowest BCUT2D eigenvalue weighted by molar-refractivity contribution is -0.137. The first kappa shape index (κ1) is 42.9. The van der Waals surface area contributed by atoms with Crippen LogP contribution < -0.4 is 26.2 Å². The molecule has 0 unspecified atom stereocenters. The molecule has 8 rings (SSSR count). The molecular formula is C42H49ClN10O5. The van der Waals surface area contributed by atoms with E-state index in [2.05, 4.69) is 71.0 Å². The number of carboxylic acid groups (broad SMARTS) is 1. The molecule has 2 aromatic carbocycles. The molecule has 58 heavy (non-hydrogen) atoms. The van der Waals surface area contributed by atoms with Crippen LogP contribution >= 0.6 is 12.4 Å². The fourth-order valence-electron chi connectivity index (χ4n) is 6.78. The number of hydrogen-bond acceptors (Lipinski definition) is 11. The predicted octanol–water partition coefficient (Wildman–Crippen LogP) is 4.07. The molecule has 0 aliphatic carbocycles. The van der Waals surface area contributed by atoms with Crippen LogP contribution in [0.2, 0.25) is 0 Å². The van der Waals surface area contributed by atoms with Gasteiger partial charge in [-0.15, -0.1) is 12.4 Å². The summed E-state index contributed by atoms with van der Waals surface area (Å²) in [7, 11) is 0. The Bertz CT molecular complexity index is 2430. The van der Waals surface area contributed by atoms with Crippen LogP contribution in [0.1, 0.15) is 35.6 Å². The van der Waals surface area contributed by atoms with Gasteiger partial charge < -0.3 is 35.1 Å². The minimum atomic E-state index is -0.907. The Hall–Kier alpha value is -6.19. The van der Waals surface area contributed by atoms with Gasteiger partial charge in [0.15, 0.2) is 0 Å². The number of aryl methyl sites for hydroxylation is 4. The summed E-state index contributed by atoms with van der Waals surface area (Å²) in [4.78, 5) is 76.1. The molecule has 15 nitrogen and oxygen atoms in total. The van der Waals surface area contributed by atoms with Crippen LogP contribution in [0.5, 0.6) is 0 Å². The maximum Gasteiger partial charge on any atom is 0.303 e. The Morgan fingerprint density at radius 2 is 1.10 bits per heavy atom. The van der Waals surface area contributed by atoms with E-state index in [0.29, 0.717) is 59.4 Å². The number of fused-ring (bicyclic) bond motifs is 2. The number of benzene rings is 2. The average Bonchev–Trinajstić information content (AvgIpc) is 3.23. The van der Waals surface area contributed by atoms with Gasteiger partial charge in [-0.25, -0.2) is 19.9 Å². The van der Waals surface area contributed by atoms with Crippen molar-refractivity contribution in [3.05, 3.63) is 129 Å². The van der Waals surface area contributed by atoms with Gasteiger partial charge in [-0.3, -0.25) is 19.2 Å². The lowest BCUT2D eigenvalue weighted by Crippen LogP contribution is -2.49. The van der Waals surface area contributed by atoms with Crippen molar-refractivity contribution in [2.45, 2.75) is 39.5 Å². The predicted molar refractivity (Wildman–Crippen MR) is 228 cm³/mol. The molecule has 2 saturated heterocycles. The summed E-state index contributed by atoms with van der Waals surface area (Å²) in [5, 5.41) is 13.0. The Balaban J connectivity index is 0.000000181. The highest BCUT2D eigenvalue weighted by atomic mass is 35.5. The SMILES string of the molecule is Cc1cccnc1N1CCN(C(=O)CCc2nc3ccccc3c(=O)[nH]2)CC1.Cc1cccnc1N1CCNCC1.Cl.O=C(O)CCc1nc2ccccc2c(=O)[nH]1. The number of piperazine rings is 2. The van der Waals surface area contributed by atoms with Crippen LogP contribution in [-0.2, 0) is 22.4 Å². The third kappa shape index (κ3) is 11.4. The molecule has 0 saturated carbocycles. The highest BCUT2D eigenvalue weighted by Gasteiger charge is 2.23. The number of aliphatic carboxylic acids is 1. The molecule has 6 heterocycles. The van der Waals surface area contributed by atoms with Crippen LogP contribution in [0.4, 0.5) is 11.6 Å². The number of anilines is 2. The summed E-state index contributed by atoms with van der Waals surface area (Å²) in [5.41, 5.74) is 3.27. The lowest BCUT2D eigenvalue weighted by atomic mass is 10.2. The van der Waals surface area contributed by atoms with Crippen molar-refractivity contribution in [2.24, 2.45) is 0 Å². The molecule has 0 bridgehead atoms. The molecule has 0 atom stereocenters. The number of nitrogens with one attached hydrogen (secondary N) is 3. The molecule has 1 amide bonds. The third-order valence-electron chi connectivity index (χ3n) is 9.79. The maximum atomic E-state index is 12.6. The first-order chi connectivity index (χ1) is 27.7. The minimum absolute atomic E-state index is 0. The normalized spacial score (nSPS) is 13.8. The number of halogens is 1. The van der Waals surface area contributed by atoms with E-state index in [4.69, 9.17) is 5.11 Å². The second-order valence-corrected chi connectivity index (χ2v) is 13.8. The fourth-order valence-corrected chi connectivity index (χ4v) is 6.78. The number of carbonyl (C=O) groups excluding carboxylic acids is 1. The molecule has 4 aromatic heterocycles. The van der Waals surface area contributed by atoms with Crippen LogP contribution in [0.3, 0.4) is 0 Å². The maximum absolute atomic E-state index is 12.6.